The van der Waals surface area contributed by atoms with E-state index in [1.807, 2.05) is 0 Å². The molecule has 1 fully saturated rings. The van der Waals surface area contributed by atoms with Crippen LogP contribution in [0.2, 0.25) is 0 Å². The van der Waals surface area contributed by atoms with Gasteiger partial charge in [0.05, 0.1) is 5.56 Å². The monoisotopic (exact) mass is 335 g/mol. The topological polar surface area (TPSA) is 49.8 Å². The van der Waals surface area contributed by atoms with Crippen LogP contribution in [0.4, 0.5) is 4.39 Å². The van der Waals surface area contributed by atoms with E-state index in [2.05, 4.69) is 11.8 Å². The second-order valence-corrected chi connectivity index (χ2v) is 6.91. The quantitative estimate of drug-likeness (QED) is 0.887. The van der Waals surface area contributed by atoms with E-state index in [1.165, 1.54) is 44.2 Å². The van der Waals surface area contributed by atoms with E-state index < -0.39 is 11.8 Å². The highest BCUT2D eigenvalue weighted by atomic mass is 19.1. The summed E-state index contributed by atoms with van der Waals surface area (Å²) in [6, 6.07) is 3.21. The lowest BCUT2D eigenvalue weighted by molar-refractivity contribution is 0.0586. The smallest absolute Gasteiger partial charge is 0.336 e. The first-order valence-corrected chi connectivity index (χ1v) is 9.05. The van der Waals surface area contributed by atoms with Gasteiger partial charge in [0.1, 0.15) is 6.61 Å². The number of fused-ring (bicyclic) bond motifs is 1. The molecule has 1 heterocycles. The van der Waals surface area contributed by atoms with Crippen LogP contribution in [0.1, 0.15) is 61.4 Å². The number of ether oxygens (including phenoxy) is 1. The van der Waals surface area contributed by atoms with Crippen LogP contribution in [0.15, 0.2) is 12.1 Å². The van der Waals surface area contributed by atoms with Crippen molar-refractivity contribution in [2.75, 3.05) is 13.2 Å². The van der Waals surface area contributed by atoms with Crippen LogP contribution >= 0.6 is 0 Å². The molecule has 0 bridgehead atoms. The first-order valence-electron chi connectivity index (χ1n) is 9.05. The molecule has 0 spiro atoms. The van der Waals surface area contributed by atoms with Crippen molar-refractivity contribution in [3.05, 3.63) is 29.1 Å². The zero-order valence-electron chi connectivity index (χ0n) is 14.3. The van der Waals surface area contributed by atoms with Gasteiger partial charge in [-0.05, 0) is 44.4 Å². The number of halogens is 1. The van der Waals surface area contributed by atoms with Crippen molar-refractivity contribution in [3.63, 3.8) is 0 Å². The van der Waals surface area contributed by atoms with Crippen molar-refractivity contribution in [1.29, 1.82) is 0 Å². The molecule has 1 aliphatic carbocycles. The fourth-order valence-electron chi connectivity index (χ4n) is 4.18. The maximum absolute atomic E-state index is 14.0. The van der Waals surface area contributed by atoms with Gasteiger partial charge in [0, 0.05) is 17.6 Å². The number of benzene rings is 1. The molecule has 0 radical (unpaired) electrons. The van der Waals surface area contributed by atoms with Crippen molar-refractivity contribution in [2.24, 2.45) is 0 Å². The van der Waals surface area contributed by atoms with E-state index in [-0.39, 0.29) is 17.4 Å². The molecule has 0 saturated heterocycles. The molecule has 1 atom stereocenters. The van der Waals surface area contributed by atoms with E-state index in [1.54, 1.807) is 0 Å². The lowest BCUT2D eigenvalue weighted by atomic mass is 9.90. The maximum atomic E-state index is 14.0. The Labute approximate surface area is 142 Å². The molecular formula is C19H26FNO3. The second kappa shape index (κ2) is 7.51. The van der Waals surface area contributed by atoms with Gasteiger partial charge in [-0.25, -0.2) is 9.18 Å². The van der Waals surface area contributed by atoms with Crippen LogP contribution in [0.3, 0.4) is 0 Å². The molecule has 1 N–H and O–H groups in total. The van der Waals surface area contributed by atoms with Gasteiger partial charge in [0.2, 0.25) is 0 Å². The van der Waals surface area contributed by atoms with E-state index in [0.717, 1.165) is 13.0 Å². The Hall–Kier alpha value is -1.62. The summed E-state index contributed by atoms with van der Waals surface area (Å²) >= 11 is 0. The summed E-state index contributed by atoms with van der Waals surface area (Å²) in [7, 11) is 0. The molecule has 0 unspecified atom stereocenters. The first-order chi connectivity index (χ1) is 11.6. The van der Waals surface area contributed by atoms with E-state index in [0.29, 0.717) is 24.6 Å². The third-order valence-corrected chi connectivity index (χ3v) is 5.30. The number of hydrogen-bond acceptors (Lipinski definition) is 3. The summed E-state index contributed by atoms with van der Waals surface area (Å²) in [6.45, 7) is 3.57. The van der Waals surface area contributed by atoms with Gasteiger partial charge < -0.3 is 9.84 Å². The molecule has 1 saturated carbocycles. The molecule has 132 valence electrons. The molecule has 1 aliphatic heterocycles. The largest absolute Gasteiger partial charge is 0.489 e. The van der Waals surface area contributed by atoms with Gasteiger partial charge in [0.25, 0.3) is 0 Å². The SMILES string of the molecule is CCCN(C1CCCCC1)[C@H]1COc2c(F)ccc(C(=O)O)c2C1. The zero-order valence-corrected chi connectivity index (χ0v) is 14.3. The maximum Gasteiger partial charge on any atom is 0.336 e. The Kier molecular flexibility index (Phi) is 5.39. The molecule has 3 rings (SSSR count). The molecule has 5 heteroatoms. The van der Waals surface area contributed by atoms with Gasteiger partial charge in [0.15, 0.2) is 11.6 Å². The minimum atomic E-state index is -1.02. The Balaban J connectivity index is 1.86. The predicted molar refractivity (Wildman–Crippen MR) is 90.2 cm³/mol. The van der Waals surface area contributed by atoms with Crippen molar-refractivity contribution >= 4 is 5.97 Å². The van der Waals surface area contributed by atoms with Gasteiger partial charge in [-0.3, -0.25) is 4.90 Å². The number of carboxylic acid groups (broad SMARTS) is 1. The number of carbonyl (C=O) groups is 1. The second-order valence-electron chi connectivity index (χ2n) is 6.91. The minimum Gasteiger partial charge on any atom is -0.489 e. The van der Waals surface area contributed by atoms with Crippen molar-refractivity contribution in [3.8, 4) is 5.75 Å². The first kappa shape index (κ1) is 17.2. The van der Waals surface area contributed by atoms with Crippen LogP contribution in [0, 0.1) is 5.82 Å². The fourth-order valence-corrected chi connectivity index (χ4v) is 4.18. The van der Waals surface area contributed by atoms with E-state index in [9.17, 15) is 14.3 Å². The summed E-state index contributed by atoms with van der Waals surface area (Å²) in [5.74, 6) is -1.35. The molecule has 0 amide bonds. The van der Waals surface area contributed by atoms with Gasteiger partial charge in [-0.1, -0.05) is 26.2 Å². The molecule has 4 nitrogen and oxygen atoms in total. The van der Waals surface area contributed by atoms with Crippen LogP contribution in [0.5, 0.6) is 5.75 Å². The molecule has 2 aliphatic rings. The van der Waals surface area contributed by atoms with Crippen molar-refractivity contribution < 1.29 is 19.0 Å². The molecule has 1 aromatic carbocycles. The average Bonchev–Trinajstić information content (AvgIpc) is 2.60. The minimum absolute atomic E-state index is 0.125. The number of nitrogens with zero attached hydrogens (tertiary/aromatic N) is 1. The zero-order chi connectivity index (χ0) is 17.1. The van der Waals surface area contributed by atoms with Crippen LogP contribution < -0.4 is 4.74 Å². The summed E-state index contributed by atoms with van der Waals surface area (Å²) in [6.07, 6.45) is 7.79. The number of rotatable bonds is 5. The van der Waals surface area contributed by atoms with E-state index >= 15 is 0 Å². The van der Waals surface area contributed by atoms with Crippen LogP contribution in [0.25, 0.3) is 0 Å². The third kappa shape index (κ3) is 3.41. The third-order valence-electron chi connectivity index (χ3n) is 5.30. The number of carboxylic acids is 1. The predicted octanol–water partition coefficient (Wildman–Crippen LogP) is 3.87. The van der Waals surface area contributed by atoms with E-state index in [4.69, 9.17) is 4.74 Å². The molecule has 1 aromatic rings. The van der Waals surface area contributed by atoms with Gasteiger partial charge >= 0.3 is 5.97 Å². The standard InChI is InChI=1S/C19H26FNO3/c1-2-10-21(13-6-4-3-5-7-13)14-11-16-15(19(22)23)8-9-17(20)18(16)24-12-14/h8-9,13-14H,2-7,10-12H2,1H3,(H,22,23)/t14-/m1/s1. The highest BCUT2D eigenvalue weighted by molar-refractivity contribution is 5.90. The molecule has 0 aromatic heterocycles. The highest BCUT2D eigenvalue weighted by Gasteiger charge is 2.33. The summed E-state index contributed by atoms with van der Waals surface area (Å²) in [4.78, 5) is 14.0. The van der Waals surface area contributed by atoms with Crippen LogP contribution in [-0.2, 0) is 6.42 Å². The molecule has 24 heavy (non-hydrogen) atoms. The summed E-state index contributed by atoms with van der Waals surface area (Å²) in [5.41, 5.74) is 0.673. The normalized spacial score (nSPS) is 21.4. The number of hydrogen-bond donors (Lipinski definition) is 1. The lowest BCUT2D eigenvalue weighted by Crippen LogP contribution is -2.50. The Morgan fingerprint density at radius 2 is 2.04 bits per heavy atom. The Morgan fingerprint density at radius 3 is 2.71 bits per heavy atom. The lowest BCUT2D eigenvalue weighted by Gasteiger charge is -2.41. The summed E-state index contributed by atoms with van der Waals surface area (Å²) in [5, 5.41) is 9.42. The summed E-state index contributed by atoms with van der Waals surface area (Å²) < 4.78 is 19.7. The van der Waals surface area contributed by atoms with Crippen molar-refractivity contribution in [2.45, 2.75) is 64.0 Å². The van der Waals surface area contributed by atoms with Gasteiger partial charge in [-0.15, -0.1) is 0 Å². The van der Waals surface area contributed by atoms with Crippen LogP contribution in [-0.4, -0.2) is 41.2 Å². The highest BCUT2D eigenvalue weighted by Crippen LogP contribution is 2.34. The van der Waals surface area contributed by atoms with Gasteiger partial charge in [-0.2, -0.15) is 0 Å². The average molecular weight is 335 g/mol. The Morgan fingerprint density at radius 1 is 1.29 bits per heavy atom. The van der Waals surface area contributed by atoms with Crippen molar-refractivity contribution in [1.82, 2.24) is 4.90 Å². The fraction of sp³-hybridized carbons (Fsp3) is 0.632. The molecular weight excluding hydrogens is 309 g/mol. The number of aromatic carboxylic acids is 1. The Bertz CT molecular complexity index is 599.